The number of aromatic nitrogens is 2. The van der Waals surface area contributed by atoms with Gasteiger partial charge in [0.1, 0.15) is 17.9 Å². The lowest BCUT2D eigenvalue weighted by molar-refractivity contribution is 0.0640. The summed E-state index contributed by atoms with van der Waals surface area (Å²) in [6, 6.07) is 3.90. The average molecular weight is 687 g/mol. The number of rotatable bonds is 10. The van der Waals surface area contributed by atoms with Crippen LogP contribution >= 0.6 is 0 Å². The van der Waals surface area contributed by atoms with Crippen LogP contribution in [0.3, 0.4) is 0 Å². The zero-order chi connectivity index (χ0) is 34.1. The Hall–Kier alpha value is -2.91. The number of carbonyl (C=O) groups is 1. The Morgan fingerprint density at radius 2 is 1.79 bits per heavy atom. The molecule has 264 valence electrons. The van der Waals surface area contributed by atoms with Gasteiger partial charge in [-0.3, -0.25) is 4.79 Å². The Morgan fingerprint density at radius 1 is 1.04 bits per heavy atom. The van der Waals surface area contributed by atoms with Crippen molar-refractivity contribution in [1.82, 2.24) is 33.7 Å². The van der Waals surface area contributed by atoms with E-state index in [-0.39, 0.29) is 34.7 Å². The molecule has 6 rings (SSSR count). The fourth-order valence-corrected chi connectivity index (χ4v) is 9.62. The van der Waals surface area contributed by atoms with Gasteiger partial charge in [0.2, 0.25) is 0 Å². The van der Waals surface area contributed by atoms with Crippen molar-refractivity contribution in [2.24, 2.45) is 11.3 Å². The molecule has 4 saturated heterocycles. The molecule has 4 fully saturated rings. The van der Waals surface area contributed by atoms with Gasteiger partial charge in [0, 0.05) is 69.9 Å². The van der Waals surface area contributed by atoms with Crippen molar-refractivity contribution in [1.29, 1.82) is 0 Å². The first kappa shape index (κ1) is 34.9. The highest BCUT2D eigenvalue weighted by atomic mass is 32.2. The zero-order valence-corrected chi connectivity index (χ0v) is 29.6. The van der Waals surface area contributed by atoms with E-state index in [4.69, 9.17) is 4.74 Å². The molecule has 1 amide bonds. The number of benzene rings is 1. The Bertz CT molecular complexity index is 1530. The van der Waals surface area contributed by atoms with Gasteiger partial charge in [-0.15, -0.1) is 0 Å². The van der Waals surface area contributed by atoms with Gasteiger partial charge in [0.05, 0.1) is 11.8 Å². The molecule has 1 aromatic heterocycles. The number of piperidine rings is 1. The van der Waals surface area contributed by atoms with E-state index >= 15 is 0 Å². The Kier molecular flexibility index (Phi) is 10.6. The molecular formula is C34H51FN8O4S. The van der Waals surface area contributed by atoms with E-state index < -0.39 is 16.0 Å². The van der Waals surface area contributed by atoms with Crippen LogP contribution in [0.1, 0.15) is 63.7 Å². The fraction of sp³-hybridized carbons (Fsp3) is 0.676. The number of hydrogen-bond donors (Lipinski definition) is 1. The van der Waals surface area contributed by atoms with Gasteiger partial charge in [0.25, 0.3) is 16.1 Å². The van der Waals surface area contributed by atoms with Crippen molar-refractivity contribution < 1.29 is 22.3 Å². The van der Waals surface area contributed by atoms with Crippen LogP contribution in [0.5, 0.6) is 11.5 Å². The number of carbonyl (C=O) groups excluding carboxylic acids is 1. The van der Waals surface area contributed by atoms with Gasteiger partial charge in [-0.1, -0.05) is 0 Å². The predicted molar refractivity (Wildman–Crippen MR) is 183 cm³/mol. The maximum absolute atomic E-state index is 14.4. The van der Waals surface area contributed by atoms with E-state index in [1.807, 2.05) is 27.7 Å². The van der Waals surface area contributed by atoms with Gasteiger partial charge in [0.15, 0.2) is 11.6 Å². The van der Waals surface area contributed by atoms with Crippen LogP contribution in [-0.4, -0.2) is 127 Å². The first-order valence-corrected chi connectivity index (χ1v) is 18.9. The number of likely N-dealkylation sites (tertiary alicyclic amines) is 1. The molecule has 1 aromatic carbocycles. The van der Waals surface area contributed by atoms with E-state index in [0.29, 0.717) is 50.2 Å². The molecule has 5 heterocycles. The van der Waals surface area contributed by atoms with Crippen LogP contribution in [0.2, 0.25) is 0 Å². The molecule has 12 nitrogen and oxygen atoms in total. The number of ether oxygens (including phenoxy) is 1. The van der Waals surface area contributed by atoms with Gasteiger partial charge in [-0.05, 0) is 97.1 Å². The number of anilines is 1. The van der Waals surface area contributed by atoms with Crippen LogP contribution in [0.25, 0.3) is 0 Å². The molecule has 2 aromatic rings. The maximum Gasteiger partial charge on any atom is 0.282 e. The molecule has 1 spiro atoms. The summed E-state index contributed by atoms with van der Waals surface area (Å²) in [5, 5.41) is 3.29. The molecule has 4 aliphatic heterocycles. The van der Waals surface area contributed by atoms with Crippen molar-refractivity contribution >= 4 is 21.9 Å². The molecule has 0 unspecified atom stereocenters. The molecule has 0 aliphatic carbocycles. The monoisotopic (exact) mass is 686 g/mol. The lowest BCUT2D eigenvalue weighted by Crippen LogP contribution is -2.61. The molecule has 0 radical (unpaired) electrons. The number of amides is 1. The third-order valence-electron chi connectivity index (χ3n) is 10.4. The second-order valence-corrected chi connectivity index (χ2v) is 16.5. The van der Waals surface area contributed by atoms with Gasteiger partial charge in [-0.2, -0.15) is 17.0 Å². The van der Waals surface area contributed by atoms with E-state index in [1.165, 1.54) is 24.5 Å². The Morgan fingerprint density at radius 3 is 2.52 bits per heavy atom. The largest absolute Gasteiger partial charge is 0.451 e. The smallest absolute Gasteiger partial charge is 0.282 e. The summed E-state index contributed by atoms with van der Waals surface area (Å²) in [6.45, 7) is 16.3. The van der Waals surface area contributed by atoms with Crippen LogP contribution in [0.4, 0.5) is 10.2 Å². The lowest BCUT2D eigenvalue weighted by Gasteiger charge is -2.54. The number of hydrogen-bond acceptors (Lipinski definition) is 9. The summed E-state index contributed by atoms with van der Waals surface area (Å²) in [4.78, 5) is 28.7. The minimum Gasteiger partial charge on any atom is -0.451 e. The van der Waals surface area contributed by atoms with Gasteiger partial charge in [-0.25, -0.2) is 14.4 Å². The molecule has 14 heteroatoms. The number of nitrogens with zero attached hydrogens (tertiary/aromatic N) is 7. The third kappa shape index (κ3) is 7.47. The maximum atomic E-state index is 14.4. The normalized spacial score (nSPS) is 22.6. The number of halogens is 1. The van der Waals surface area contributed by atoms with Crippen LogP contribution in [-0.2, 0) is 10.2 Å². The standard InChI is InChI=1S/C34H51FN8O4S/c1-25(2)43(26(3)4)33(44)29-18-28(35)6-7-30(29)47-31-19-37-24-38-32(31)40-22-34(23-40)9-15-39(16-10-34)20-27-8-14-42(21-27)48(45,46)41-13-5-11-36-12-17-41/h6-7,18-19,24-27,36H,5,8-17,20-23H2,1-4H3/t27-/m1/s1. The minimum atomic E-state index is -3.40. The molecule has 1 atom stereocenters. The second kappa shape index (κ2) is 14.5. The SMILES string of the molecule is CC(C)N(C(=O)c1cc(F)ccc1Oc1cncnc1N1CC2(CCN(C[C@H]3CCN(S(=O)(=O)N4CCCNCC4)C3)CC2)C1)C(C)C. The summed E-state index contributed by atoms with van der Waals surface area (Å²) in [6.07, 6.45) is 6.99. The molecule has 0 bridgehead atoms. The van der Waals surface area contributed by atoms with E-state index in [0.717, 1.165) is 65.0 Å². The molecular weight excluding hydrogens is 635 g/mol. The first-order chi connectivity index (χ1) is 23.0. The molecule has 1 N–H and O–H groups in total. The topological polar surface area (TPSA) is 114 Å². The van der Waals surface area contributed by atoms with E-state index in [1.54, 1.807) is 19.7 Å². The molecule has 48 heavy (non-hydrogen) atoms. The molecule has 0 saturated carbocycles. The lowest BCUT2D eigenvalue weighted by atomic mass is 9.72. The van der Waals surface area contributed by atoms with Crippen molar-refractivity contribution in [2.45, 2.75) is 65.5 Å². The minimum absolute atomic E-state index is 0.0657. The van der Waals surface area contributed by atoms with Crippen LogP contribution in [0.15, 0.2) is 30.7 Å². The van der Waals surface area contributed by atoms with E-state index in [2.05, 4.69) is 25.1 Å². The van der Waals surface area contributed by atoms with Gasteiger partial charge >= 0.3 is 0 Å². The summed E-state index contributed by atoms with van der Waals surface area (Å²) in [7, 11) is -3.40. The van der Waals surface area contributed by atoms with Crippen molar-refractivity contribution in [3.8, 4) is 11.5 Å². The summed E-state index contributed by atoms with van der Waals surface area (Å²) in [5.41, 5.74) is 0.359. The fourth-order valence-electron chi connectivity index (χ4n) is 7.88. The van der Waals surface area contributed by atoms with Crippen molar-refractivity contribution in [3.05, 3.63) is 42.1 Å². The average Bonchev–Trinajstić information content (AvgIpc) is 3.33. The number of nitrogens with one attached hydrogen (secondary N) is 1. The third-order valence-corrected chi connectivity index (χ3v) is 12.4. The highest BCUT2D eigenvalue weighted by Gasteiger charge is 2.47. The molecule has 4 aliphatic rings. The first-order valence-electron chi connectivity index (χ1n) is 17.5. The second-order valence-electron chi connectivity index (χ2n) is 14.5. The summed E-state index contributed by atoms with van der Waals surface area (Å²) >= 11 is 0. The quantitative estimate of drug-likeness (QED) is 0.402. The highest BCUT2D eigenvalue weighted by Crippen LogP contribution is 2.45. The predicted octanol–water partition coefficient (Wildman–Crippen LogP) is 3.43. The Labute approximate surface area is 284 Å². The van der Waals surface area contributed by atoms with Gasteiger partial charge < -0.3 is 24.8 Å². The Balaban J connectivity index is 1.04. The zero-order valence-electron chi connectivity index (χ0n) is 28.8. The van der Waals surface area contributed by atoms with Crippen LogP contribution < -0.4 is 15.0 Å². The van der Waals surface area contributed by atoms with Crippen molar-refractivity contribution in [2.75, 3.05) is 76.9 Å². The highest BCUT2D eigenvalue weighted by molar-refractivity contribution is 7.86. The van der Waals surface area contributed by atoms with Crippen LogP contribution in [0, 0.1) is 17.2 Å². The van der Waals surface area contributed by atoms with Crippen molar-refractivity contribution in [3.63, 3.8) is 0 Å². The summed E-state index contributed by atoms with van der Waals surface area (Å²) in [5.74, 6) is 0.938. The summed E-state index contributed by atoms with van der Waals surface area (Å²) < 4.78 is 50.6. The van der Waals surface area contributed by atoms with E-state index in [9.17, 15) is 17.6 Å².